The molecule has 3 fully saturated rings. The van der Waals surface area contributed by atoms with Crippen molar-refractivity contribution in [2.24, 2.45) is 23.7 Å². The fourth-order valence-electron chi connectivity index (χ4n) is 4.92. The predicted molar refractivity (Wildman–Crippen MR) is 118 cm³/mol. The fraction of sp³-hybridized carbons (Fsp3) is 0.524. The van der Waals surface area contributed by atoms with Crippen LogP contribution in [-0.4, -0.2) is 58.0 Å². The molecule has 31 heavy (non-hydrogen) atoms. The standard InChI is InChI=1S/C21H22Br2N2O6/c1-2-30-13-6-4-3-5-12(13)24-14(26)9-31-15(27)8-25-20(28)16-10-7-11(17(16)21(25)29)19(23)18(10)22/h3-6,10-11,16-19H,2,7-9H2,1H3,(H,24,26)/t10-,11-,16-,17-,18-,19+/m1/s1. The second kappa shape index (κ2) is 8.90. The number of carbonyl (C=O) groups is 4. The highest BCUT2D eigenvalue weighted by molar-refractivity contribution is 9.12. The Morgan fingerprint density at radius 2 is 1.71 bits per heavy atom. The van der Waals surface area contributed by atoms with Crippen LogP contribution in [0.5, 0.6) is 5.75 Å². The van der Waals surface area contributed by atoms with Gasteiger partial charge in [0, 0.05) is 9.65 Å². The molecule has 3 amide bonds. The number of amides is 3. The van der Waals surface area contributed by atoms with Crippen LogP contribution in [0, 0.1) is 23.7 Å². The molecular formula is C21H22Br2N2O6. The Kier molecular flexibility index (Phi) is 6.39. The Morgan fingerprint density at radius 1 is 1.10 bits per heavy atom. The van der Waals surface area contributed by atoms with Crippen molar-refractivity contribution in [3.05, 3.63) is 24.3 Å². The van der Waals surface area contributed by atoms with Crippen molar-refractivity contribution in [1.29, 1.82) is 0 Å². The molecule has 2 saturated carbocycles. The zero-order valence-corrected chi connectivity index (χ0v) is 19.9. The third-order valence-corrected chi connectivity index (χ3v) is 9.40. The first kappa shape index (κ1) is 22.3. The number of carbonyl (C=O) groups excluding carboxylic acids is 4. The van der Waals surface area contributed by atoms with Gasteiger partial charge in [-0.05, 0) is 37.3 Å². The average Bonchev–Trinajstić information content (AvgIpc) is 3.35. The number of nitrogens with zero attached hydrogens (tertiary/aromatic N) is 1. The third kappa shape index (κ3) is 4.00. The molecule has 1 aliphatic heterocycles. The molecule has 6 atom stereocenters. The molecule has 1 saturated heterocycles. The van der Waals surface area contributed by atoms with Gasteiger partial charge in [-0.15, -0.1) is 0 Å². The normalized spacial score (nSPS) is 31.0. The summed E-state index contributed by atoms with van der Waals surface area (Å²) in [5.74, 6) is -2.09. The van der Waals surface area contributed by atoms with Gasteiger partial charge in [0.25, 0.3) is 5.91 Å². The quantitative estimate of drug-likeness (QED) is 0.314. The second-order valence-corrected chi connectivity index (χ2v) is 10.0. The van der Waals surface area contributed by atoms with Crippen molar-refractivity contribution in [2.45, 2.75) is 23.0 Å². The Morgan fingerprint density at radius 3 is 2.32 bits per heavy atom. The molecule has 2 aliphatic carbocycles. The fourth-order valence-corrected chi connectivity index (χ4v) is 6.80. The van der Waals surface area contributed by atoms with E-state index >= 15 is 0 Å². The van der Waals surface area contributed by atoms with Crippen molar-refractivity contribution in [3.63, 3.8) is 0 Å². The van der Waals surface area contributed by atoms with E-state index in [9.17, 15) is 19.2 Å². The van der Waals surface area contributed by atoms with Crippen molar-refractivity contribution in [2.75, 3.05) is 25.1 Å². The van der Waals surface area contributed by atoms with Gasteiger partial charge in [0.2, 0.25) is 11.8 Å². The number of hydrogen-bond donors (Lipinski definition) is 1. The zero-order chi connectivity index (χ0) is 22.3. The largest absolute Gasteiger partial charge is 0.492 e. The second-order valence-electron chi connectivity index (χ2n) is 7.90. The summed E-state index contributed by atoms with van der Waals surface area (Å²) in [4.78, 5) is 51.3. The lowest BCUT2D eigenvalue weighted by Gasteiger charge is -2.28. The summed E-state index contributed by atoms with van der Waals surface area (Å²) in [7, 11) is 0. The van der Waals surface area contributed by atoms with E-state index in [1.807, 2.05) is 6.92 Å². The lowest BCUT2D eigenvalue weighted by atomic mass is 9.81. The smallest absolute Gasteiger partial charge is 0.326 e. The van der Waals surface area contributed by atoms with Crippen molar-refractivity contribution in [1.82, 2.24) is 4.90 Å². The number of benzene rings is 1. The van der Waals surface area contributed by atoms with Crippen LogP contribution in [-0.2, 0) is 23.9 Å². The minimum atomic E-state index is -0.798. The van der Waals surface area contributed by atoms with Crippen molar-refractivity contribution < 1.29 is 28.7 Å². The van der Waals surface area contributed by atoms with Gasteiger partial charge in [0.1, 0.15) is 12.3 Å². The van der Waals surface area contributed by atoms with E-state index in [0.717, 1.165) is 11.3 Å². The van der Waals surface area contributed by atoms with Crippen LogP contribution >= 0.6 is 31.9 Å². The van der Waals surface area contributed by atoms with Gasteiger partial charge in [0.15, 0.2) is 6.61 Å². The highest BCUT2D eigenvalue weighted by atomic mass is 79.9. The van der Waals surface area contributed by atoms with Gasteiger partial charge >= 0.3 is 5.97 Å². The van der Waals surface area contributed by atoms with E-state index in [2.05, 4.69) is 37.2 Å². The molecular weight excluding hydrogens is 536 g/mol. The van der Waals surface area contributed by atoms with Crippen LogP contribution in [0.25, 0.3) is 0 Å². The van der Waals surface area contributed by atoms with Crippen LogP contribution < -0.4 is 10.1 Å². The van der Waals surface area contributed by atoms with Crippen LogP contribution in [0.1, 0.15) is 13.3 Å². The number of anilines is 1. The molecule has 8 nitrogen and oxygen atoms in total. The van der Waals surface area contributed by atoms with Crippen LogP contribution in [0.2, 0.25) is 0 Å². The van der Waals surface area contributed by atoms with Crippen LogP contribution in [0.15, 0.2) is 24.3 Å². The van der Waals surface area contributed by atoms with E-state index in [0.29, 0.717) is 18.0 Å². The summed E-state index contributed by atoms with van der Waals surface area (Å²) in [5.41, 5.74) is 0.465. The topological polar surface area (TPSA) is 102 Å². The van der Waals surface area contributed by atoms with E-state index in [4.69, 9.17) is 9.47 Å². The van der Waals surface area contributed by atoms with Gasteiger partial charge in [-0.3, -0.25) is 24.1 Å². The molecule has 0 radical (unpaired) electrons. The molecule has 10 heteroatoms. The highest BCUT2D eigenvalue weighted by Gasteiger charge is 2.66. The number of ether oxygens (including phenoxy) is 2. The number of likely N-dealkylation sites (tertiary alicyclic amines) is 1. The van der Waals surface area contributed by atoms with Gasteiger partial charge in [-0.1, -0.05) is 44.0 Å². The highest BCUT2D eigenvalue weighted by Crippen LogP contribution is 2.60. The van der Waals surface area contributed by atoms with Gasteiger partial charge in [-0.25, -0.2) is 0 Å². The van der Waals surface area contributed by atoms with Crippen LogP contribution in [0.4, 0.5) is 5.69 Å². The molecule has 1 N–H and O–H groups in total. The van der Waals surface area contributed by atoms with Gasteiger partial charge < -0.3 is 14.8 Å². The number of alkyl halides is 2. The summed E-state index contributed by atoms with van der Waals surface area (Å²) in [6.07, 6.45) is 0.820. The van der Waals surface area contributed by atoms with Crippen LogP contribution in [0.3, 0.4) is 0 Å². The number of hydrogen-bond acceptors (Lipinski definition) is 6. The van der Waals surface area contributed by atoms with E-state index in [1.54, 1.807) is 24.3 Å². The predicted octanol–water partition coefficient (Wildman–Crippen LogP) is 2.34. The summed E-state index contributed by atoms with van der Waals surface area (Å²) in [6, 6.07) is 6.91. The molecule has 1 aromatic rings. The molecule has 3 aliphatic rings. The van der Waals surface area contributed by atoms with E-state index in [-0.39, 0.29) is 45.1 Å². The minimum absolute atomic E-state index is 0.0769. The minimum Gasteiger partial charge on any atom is -0.492 e. The maximum absolute atomic E-state index is 12.8. The monoisotopic (exact) mass is 556 g/mol. The number of imide groups is 1. The maximum Gasteiger partial charge on any atom is 0.326 e. The Balaban J connectivity index is 1.31. The van der Waals surface area contributed by atoms with Gasteiger partial charge in [0.05, 0.1) is 24.1 Å². The molecule has 0 aromatic heterocycles. The number of para-hydroxylation sites is 2. The molecule has 0 spiro atoms. The zero-order valence-electron chi connectivity index (χ0n) is 16.8. The lowest BCUT2D eigenvalue weighted by Crippen LogP contribution is -2.38. The molecule has 1 heterocycles. The summed E-state index contributed by atoms with van der Waals surface area (Å²) in [6.45, 7) is 1.26. The summed E-state index contributed by atoms with van der Waals surface area (Å²) < 4.78 is 10.5. The first-order valence-corrected chi connectivity index (χ1v) is 12.0. The Bertz CT molecular complexity index is 893. The molecule has 166 valence electrons. The number of rotatable bonds is 7. The molecule has 2 bridgehead atoms. The number of halogens is 2. The van der Waals surface area contributed by atoms with Gasteiger partial charge in [-0.2, -0.15) is 0 Å². The van der Waals surface area contributed by atoms with E-state index < -0.39 is 25.0 Å². The summed E-state index contributed by atoms with van der Waals surface area (Å²) in [5, 5.41) is 2.62. The van der Waals surface area contributed by atoms with Crippen molar-refractivity contribution >= 4 is 61.2 Å². The number of fused-ring (bicyclic) bond motifs is 5. The maximum atomic E-state index is 12.8. The first-order chi connectivity index (χ1) is 14.8. The first-order valence-electron chi connectivity index (χ1n) is 10.1. The SMILES string of the molecule is CCOc1ccccc1NC(=O)COC(=O)CN1C(=O)[C@@H]2[C@H]3C[C@@H]([C@@H](Br)[C@H]3Br)[C@H]2C1=O. The van der Waals surface area contributed by atoms with Crippen molar-refractivity contribution in [3.8, 4) is 5.75 Å². The molecule has 0 unspecified atom stereocenters. The van der Waals surface area contributed by atoms with E-state index in [1.165, 1.54) is 0 Å². The molecule has 1 aromatic carbocycles. The number of esters is 1. The average molecular weight is 558 g/mol. The third-order valence-electron chi connectivity index (χ3n) is 6.19. The molecule has 4 rings (SSSR count). The Labute approximate surface area is 196 Å². The lowest BCUT2D eigenvalue weighted by molar-refractivity contribution is -0.154. The summed E-state index contributed by atoms with van der Waals surface area (Å²) >= 11 is 7.25. The Hall–Kier alpha value is -1.94. The number of nitrogens with one attached hydrogen (secondary N) is 1.